The molecule has 29 heavy (non-hydrogen) atoms. The van der Waals surface area contributed by atoms with Crippen molar-refractivity contribution < 1.29 is 0 Å². The lowest BCUT2D eigenvalue weighted by Crippen LogP contribution is -2.23. The van der Waals surface area contributed by atoms with Gasteiger partial charge in [0, 0.05) is 30.5 Å². The number of aromatic nitrogens is 4. The molecule has 0 aliphatic heterocycles. The van der Waals surface area contributed by atoms with Crippen molar-refractivity contribution in [3.05, 3.63) is 42.5 Å². The molecule has 0 spiro atoms. The molecule has 2 aromatic rings. The SMILES string of the molecule is CCNc1ncc(-c2cc(NC3=CCCC=C3)ncn2)c(NC2CCCCC2)n1. The van der Waals surface area contributed by atoms with Crippen LogP contribution in [0.5, 0.6) is 0 Å². The Labute approximate surface area is 172 Å². The van der Waals surface area contributed by atoms with Gasteiger partial charge >= 0.3 is 0 Å². The molecule has 0 unspecified atom stereocenters. The van der Waals surface area contributed by atoms with Gasteiger partial charge in [-0.15, -0.1) is 0 Å². The van der Waals surface area contributed by atoms with Gasteiger partial charge < -0.3 is 16.0 Å². The van der Waals surface area contributed by atoms with Gasteiger partial charge in [-0.25, -0.2) is 15.0 Å². The molecule has 2 aliphatic rings. The molecular formula is C22H29N7. The summed E-state index contributed by atoms with van der Waals surface area (Å²) in [5.74, 6) is 2.25. The molecule has 1 fully saturated rings. The van der Waals surface area contributed by atoms with Crippen molar-refractivity contribution in [3.63, 3.8) is 0 Å². The largest absolute Gasteiger partial charge is 0.367 e. The molecule has 0 amide bonds. The zero-order chi connectivity index (χ0) is 19.9. The van der Waals surface area contributed by atoms with Crippen LogP contribution in [-0.4, -0.2) is 32.5 Å². The molecule has 7 heteroatoms. The second-order valence-electron chi connectivity index (χ2n) is 7.52. The van der Waals surface area contributed by atoms with Crippen LogP contribution in [0.15, 0.2) is 42.5 Å². The Morgan fingerprint density at radius 3 is 2.76 bits per heavy atom. The Kier molecular flexibility index (Phi) is 6.34. The number of anilines is 3. The summed E-state index contributed by atoms with van der Waals surface area (Å²) in [6.45, 7) is 2.83. The van der Waals surface area contributed by atoms with Crippen LogP contribution in [0.3, 0.4) is 0 Å². The van der Waals surface area contributed by atoms with Crippen molar-refractivity contribution in [2.75, 3.05) is 22.5 Å². The standard InChI is InChI=1S/C22H29N7/c1-2-23-22-24-14-18(21(29-22)28-17-11-7-4-8-12-17)19-13-20(26-15-25-19)27-16-9-5-3-6-10-16/h5,9-10,13-15,17H,2-4,6-8,11-12H2,1H3,(H,25,26,27)(H2,23,24,28,29). The fraction of sp³-hybridized carbons (Fsp3) is 0.455. The molecule has 0 aromatic carbocycles. The molecule has 2 aliphatic carbocycles. The lowest BCUT2D eigenvalue weighted by Gasteiger charge is -2.24. The van der Waals surface area contributed by atoms with Crippen LogP contribution in [-0.2, 0) is 0 Å². The van der Waals surface area contributed by atoms with Crippen LogP contribution < -0.4 is 16.0 Å². The van der Waals surface area contributed by atoms with Crippen molar-refractivity contribution in [3.8, 4) is 11.3 Å². The quantitative estimate of drug-likeness (QED) is 0.627. The van der Waals surface area contributed by atoms with E-state index in [1.54, 1.807) is 6.33 Å². The van der Waals surface area contributed by atoms with Gasteiger partial charge in [0.2, 0.25) is 5.95 Å². The summed E-state index contributed by atoms with van der Waals surface area (Å²) in [6, 6.07) is 2.41. The number of hydrogen-bond donors (Lipinski definition) is 3. The first-order valence-electron chi connectivity index (χ1n) is 10.7. The summed E-state index contributed by atoms with van der Waals surface area (Å²) in [4.78, 5) is 18.1. The Morgan fingerprint density at radius 1 is 1.07 bits per heavy atom. The first-order chi connectivity index (χ1) is 14.3. The zero-order valence-electron chi connectivity index (χ0n) is 17.0. The van der Waals surface area contributed by atoms with Gasteiger partial charge in [0.25, 0.3) is 0 Å². The Balaban J connectivity index is 1.61. The third-order valence-electron chi connectivity index (χ3n) is 5.28. The Bertz CT molecular complexity index is 884. The van der Waals surface area contributed by atoms with Crippen molar-refractivity contribution >= 4 is 17.6 Å². The summed E-state index contributed by atoms with van der Waals surface area (Å²) in [7, 11) is 0. The smallest absolute Gasteiger partial charge is 0.224 e. The third-order valence-corrected chi connectivity index (χ3v) is 5.28. The highest BCUT2D eigenvalue weighted by molar-refractivity contribution is 5.74. The van der Waals surface area contributed by atoms with Crippen molar-refractivity contribution in [2.24, 2.45) is 0 Å². The van der Waals surface area contributed by atoms with E-state index in [4.69, 9.17) is 4.98 Å². The van der Waals surface area contributed by atoms with Crippen molar-refractivity contribution in [2.45, 2.75) is 57.9 Å². The minimum atomic E-state index is 0.448. The molecular weight excluding hydrogens is 362 g/mol. The van der Waals surface area contributed by atoms with Crippen LogP contribution in [0.4, 0.5) is 17.6 Å². The summed E-state index contributed by atoms with van der Waals surface area (Å²) in [5.41, 5.74) is 2.78. The molecule has 0 atom stereocenters. The van der Waals surface area contributed by atoms with Crippen LogP contribution in [0.1, 0.15) is 51.9 Å². The highest BCUT2D eigenvalue weighted by Crippen LogP contribution is 2.29. The zero-order valence-corrected chi connectivity index (χ0v) is 17.0. The van der Waals surface area contributed by atoms with E-state index < -0.39 is 0 Å². The second kappa shape index (κ2) is 9.49. The van der Waals surface area contributed by atoms with Gasteiger partial charge in [-0.1, -0.05) is 31.4 Å². The van der Waals surface area contributed by atoms with E-state index >= 15 is 0 Å². The molecule has 0 saturated heterocycles. The van der Waals surface area contributed by atoms with E-state index in [1.165, 1.54) is 32.1 Å². The average Bonchev–Trinajstić information content (AvgIpc) is 2.76. The first-order valence-corrected chi connectivity index (χ1v) is 10.7. The van der Waals surface area contributed by atoms with Gasteiger partial charge in [0.05, 0.1) is 11.3 Å². The van der Waals surface area contributed by atoms with E-state index in [-0.39, 0.29) is 0 Å². The van der Waals surface area contributed by atoms with Gasteiger partial charge in [0.1, 0.15) is 18.0 Å². The van der Waals surface area contributed by atoms with Crippen LogP contribution in [0.25, 0.3) is 11.3 Å². The Morgan fingerprint density at radius 2 is 1.97 bits per heavy atom. The maximum absolute atomic E-state index is 4.74. The van der Waals surface area contributed by atoms with E-state index in [0.29, 0.717) is 12.0 Å². The van der Waals surface area contributed by atoms with Crippen molar-refractivity contribution in [1.82, 2.24) is 19.9 Å². The molecule has 0 radical (unpaired) electrons. The number of nitrogens with one attached hydrogen (secondary N) is 3. The predicted octanol–water partition coefficient (Wildman–Crippen LogP) is 4.76. The average molecular weight is 392 g/mol. The normalized spacial score (nSPS) is 16.9. The topological polar surface area (TPSA) is 87.7 Å². The molecule has 7 nitrogen and oxygen atoms in total. The van der Waals surface area contributed by atoms with E-state index in [9.17, 15) is 0 Å². The van der Waals surface area contributed by atoms with E-state index in [1.807, 2.05) is 19.2 Å². The predicted molar refractivity (Wildman–Crippen MR) is 118 cm³/mol. The summed E-state index contributed by atoms with van der Waals surface area (Å²) >= 11 is 0. The highest BCUT2D eigenvalue weighted by Gasteiger charge is 2.18. The van der Waals surface area contributed by atoms with Gasteiger partial charge in [-0.2, -0.15) is 4.98 Å². The summed E-state index contributed by atoms with van der Waals surface area (Å²) in [6.07, 6.45) is 18.2. The summed E-state index contributed by atoms with van der Waals surface area (Å²) in [5, 5.41) is 10.2. The van der Waals surface area contributed by atoms with Gasteiger partial charge in [-0.05, 0) is 38.7 Å². The van der Waals surface area contributed by atoms with Crippen LogP contribution in [0.2, 0.25) is 0 Å². The van der Waals surface area contributed by atoms with Crippen LogP contribution in [0, 0.1) is 0 Å². The van der Waals surface area contributed by atoms with E-state index in [2.05, 4.69) is 49.1 Å². The van der Waals surface area contributed by atoms with Gasteiger partial charge in [0.15, 0.2) is 0 Å². The van der Waals surface area contributed by atoms with Crippen LogP contribution >= 0.6 is 0 Å². The first kappa shape index (κ1) is 19.4. The lowest BCUT2D eigenvalue weighted by atomic mass is 9.95. The molecule has 0 bridgehead atoms. The number of nitrogens with zero attached hydrogens (tertiary/aromatic N) is 4. The maximum atomic E-state index is 4.74. The number of allylic oxidation sites excluding steroid dienone is 3. The fourth-order valence-corrected chi connectivity index (χ4v) is 3.79. The molecule has 3 N–H and O–H groups in total. The molecule has 1 saturated carbocycles. The molecule has 2 aromatic heterocycles. The van der Waals surface area contributed by atoms with Gasteiger partial charge in [-0.3, -0.25) is 0 Å². The molecule has 4 rings (SSSR count). The minimum absolute atomic E-state index is 0.448. The lowest BCUT2D eigenvalue weighted by molar-refractivity contribution is 0.462. The number of rotatable bonds is 7. The second-order valence-corrected chi connectivity index (χ2v) is 7.52. The Hall–Kier alpha value is -2.96. The molecule has 152 valence electrons. The maximum Gasteiger partial charge on any atom is 0.224 e. The minimum Gasteiger partial charge on any atom is -0.367 e. The third kappa shape index (κ3) is 5.10. The van der Waals surface area contributed by atoms with E-state index in [0.717, 1.165) is 48.0 Å². The summed E-state index contributed by atoms with van der Waals surface area (Å²) < 4.78 is 0. The molecule has 2 heterocycles. The van der Waals surface area contributed by atoms with Crippen molar-refractivity contribution in [1.29, 1.82) is 0 Å². The monoisotopic (exact) mass is 391 g/mol. The fourth-order valence-electron chi connectivity index (χ4n) is 3.79. The highest BCUT2D eigenvalue weighted by atomic mass is 15.1. The number of hydrogen-bond acceptors (Lipinski definition) is 7.